The third-order valence-electron chi connectivity index (χ3n) is 2.20. The lowest BCUT2D eigenvalue weighted by Gasteiger charge is -2.01. The molecule has 0 saturated heterocycles. The minimum Gasteiger partial charge on any atom is -0.508 e. The van der Waals surface area contributed by atoms with Gasteiger partial charge in [0, 0.05) is 0 Å². The van der Waals surface area contributed by atoms with Crippen molar-refractivity contribution in [3.8, 4) is 16.9 Å². The molecule has 15 heavy (non-hydrogen) atoms. The Balaban J connectivity index is 2.37. The van der Waals surface area contributed by atoms with Gasteiger partial charge in [0.25, 0.3) is 0 Å². The van der Waals surface area contributed by atoms with Gasteiger partial charge in [-0.1, -0.05) is 24.3 Å². The zero-order valence-electron chi connectivity index (χ0n) is 8.01. The van der Waals surface area contributed by atoms with Gasteiger partial charge in [-0.2, -0.15) is 5.11 Å². The van der Waals surface area contributed by atoms with E-state index in [1.165, 1.54) is 0 Å². The Morgan fingerprint density at radius 2 is 1.27 bits per heavy atom. The molecule has 0 aliphatic carbocycles. The molecule has 0 spiro atoms. The number of hydrogen-bond donors (Lipinski definition) is 2. The fourth-order valence-electron chi connectivity index (χ4n) is 1.38. The van der Waals surface area contributed by atoms with Crippen molar-refractivity contribution in [2.75, 3.05) is 0 Å². The molecule has 0 aliphatic rings. The molecular formula is C12H10N2O. The van der Waals surface area contributed by atoms with Gasteiger partial charge >= 0.3 is 0 Å². The Hall–Kier alpha value is -2.16. The van der Waals surface area contributed by atoms with Gasteiger partial charge in [0.1, 0.15) is 5.75 Å². The zero-order chi connectivity index (χ0) is 10.7. The Kier molecular flexibility index (Phi) is 2.46. The number of rotatable bonds is 2. The summed E-state index contributed by atoms with van der Waals surface area (Å²) in [7, 11) is 0. The lowest BCUT2D eigenvalue weighted by Crippen LogP contribution is -1.75. The van der Waals surface area contributed by atoms with Crippen LogP contribution in [-0.4, -0.2) is 5.11 Å². The fraction of sp³-hybridized carbons (Fsp3) is 0. The molecule has 0 heterocycles. The molecule has 0 aliphatic heterocycles. The lowest BCUT2D eigenvalue weighted by molar-refractivity contribution is 0.475. The van der Waals surface area contributed by atoms with Crippen LogP contribution in [0, 0.1) is 5.53 Å². The molecule has 0 fully saturated rings. The average Bonchev–Trinajstić information content (AvgIpc) is 2.30. The van der Waals surface area contributed by atoms with Gasteiger partial charge in [0.15, 0.2) is 0 Å². The molecule has 3 nitrogen and oxygen atoms in total. The molecule has 2 aromatic carbocycles. The molecule has 3 heteroatoms. The van der Waals surface area contributed by atoms with E-state index in [-0.39, 0.29) is 5.75 Å². The van der Waals surface area contributed by atoms with Gasteiger partial charge in [0.05, 0.1) is 5.69 Å². The first-order chi connectivity index (χ1) is 7.29. The van der Waals surface area contributed by atoms with Crippen molar-refractivity contribution in [3.05, 3.63) is 48.5 Å². The van der Waals surface area contributed by atoms with Crippen LogP contribution in [0.5, 0.6) is 5.75 Å². The predicted octanol–water partition coefficient (Wildman–Crippen LogP) is 3.72. The summed E-state index contributed by atoms with van der Waals surface area (Å²) in [6.07, 6.45) is 0. The smallest absolute Gasteiger partial charge is 0.115 e. The number of hydrogen-bond acceptors (Lipinski definition) is 3. The van der Waals surface area contributed by atoms with E-state index in [0.29, 0.717) is 5.69 Å². The molecule has 2 aromatic rings. The molecule has 0 amide bonds. The van der Waals surface area contributed by atoms with Crippen molar-refractivity contribution in [3.63, 3.8) is 0 Å². The van der Waals surface area contributed by atoms with E-state index in [1.807, 2.05) is 24.3 Å². The molecule has 2 N–H and O–H groups in total. The van der Waals surface area contributed by atoms with Crippen molar-refractivity contribution in [1.82, 2.24) is 0 Å². The van der Waals surface area contributed by atoms with Gasteiger partial charge in [-0.15, -0.1) is 0 Å². The van der Waals surface area contributed by atoms with Gasteiger partial charge in [0.2, 0.25) is 0 Å². The number of nitrogens with zero attached hydrogens (tertiary/aromatic N) is 1. The highest BCUT2D eigenvalue weighted by atomic mass is 16.3. The van der Waals surface area contributed by atoms with E-state index in [9.17, 15) is 0 Å². The molecule has 0 aromatic heterocycles. The van der Waals surface area contributed by atoms with Gasteiger partial charge < -0.3 is 5.11 Å². The van der Waals surface area contributed by atoms with E-state index in [2.05, 4.69) is 5.11 Å². The summed E-state index contributed by atoms with van der Waals surface area (Å²) >= 11 is 0. The molecule has 0 bridgehead atoms. The summed E-state index contributed by atoms with van der Waals surface area (Å²) < 4.78 is 0. The van der Waals surface area contributed by atoms with E-state index < -0.39 is 0 Å². The SMILES string of the molecule is N=Nc1ccc(-c2ccc(O)cc2)cc1. The first-order valence-corrected chi connectivity index (χ1v) is 4.56. The van der Waals surface area contributed by atoms with Crippen LogP contribution in [0.3, 0.4) is 0 Å². The van der Waals surface area contributed by atoms with Crippen LogP contribution in [-0.2, 0) is 0 Å². The minimum absolute atomic E-state index is 0.261. The summed E-state index contributed by atoms with van der Waals surface area (Å²) in [6.45, 7) is 0. The molecule has 74 valence electrons. The predicted molar refractivity (Wildman–Crippen MR) is 58.4 cm³/mol. The number of phenolic OH excluding ortho intramolecular Hbond substituents is 1. The van der Waals surface area contributed by atoms with Crippen LogP contribution in [0.1, 0.15) is 0 Å². The number of phenols is 1. The van der Waals surface area contributed by atoms with Crippen LogP contribution in [0.2, 0.25) is 0 Å². The van der Waals surface area contributed by atoms with E-state index in [0.717, 1.165) is 11.1 Å². The molecule has 0 atom stereocenters. The summed E-state index contributed by atoms with van der Waals surface area (Å²) in [5, 5.41) is 12.5. The van der Waals surface area contributed by atoms with E-state index in [4.69, 9.17) is 10.6 Å². The average molecular weight is 198 g/mol. The Bertz CT molecular complexity index is 460. The standard InChI is InChI=1S/C12H10N2O/c13-14-11-5-1-9(2-6-11)10-3-7-12(15)8-4-10/h1-8,13,15H. The maximum atomic E-state index is 9.15. The van der Waals surface area contributed by atoms with Crippen LogP contribution < -0.4 is 0 Å². The highest BCUT2D eigenvalue weighted by molar-refractivity contribution is 5.65. The largest absolute Gasteiger partial charge is 0.508 e. The van der Waals surface area contributed by atoms with Crippen LogP contribution in [0.25, 0.3) is 11.1 Å². The summed E-state index contributed by atoms with van der Waals surface area (Å²) in [5.41, 5.74) is 9.55. The van der Waals surface area contributed by atoms with Gasteiger partial charge in [-0.25, -0.2) is 5.53 Å². The third-order valence-corrected chi connectivity index (χ3v) is 2.20. The van der Waals surface area contributed by atoms with E-state index >= 15 is 0 Å². The van der Waals surface area contributed by atoms with Crippen molar-refractivity contribution in [1.29, 1.82) is 5.53 Å². The lowest BCUT2D eigenvalue weighted by atomic mass is 10.1. The first kappa shape index (κ1) is 9.40. The number of aromatic hydroxyl groups is 1. The van der Waals surface area contributed by atoms with Crippen LogP contribution >= 0.6 is 0 Å². The number of nitrogens with one attached hydrogen (secondary N) is 1. The zero-order valence-corrected chi connectivity index (χ0v) is 8.01. The minimum atomic E-state index is 0.261. The molecule has 2 rings (SSSR count). The molecule has 0 saturated carbocycles. The van der Waals surface area contributed by atoms with Crippen molar-refractivity contribution in [2.24, 2.45) is 5.11 Å². The van der Waals surface area contributed by atoms with Gasteiger partial charge in [-0.3, -0.25) is 0 Å². The second-order valence-electron chi connectivity index (χ2n) is 3.21. The maximum absolute atomic E-state index is 9.15. The summed E-state index contributed by atoms with van der Waals surface area (Å²) in [4.78, 5) is 0. The second kappa shape index (κ2) is 3.92. The third kappa shape index (κ3) is 2.02. The van der Waals surface area contributed by atoms with Crippen molar-refractivity contribution < 1.29 is 5.11 Å². The monoisotopic (exact) mass is 198 g/mol. The highest BCUT2D eigenvalue weighted by Gasteiger charge is 1.97. The second-order valence-corrected chi connectivity index (χ2v) is 3.21. The molecule has 0 unspecified atom stereocenters. The van der Waals surface area contributed by atoms with Crippen LogP contribution in [0.15, 0.2) is 53.6 Å². The normalized spacial score (nSPS) is 9.87. The quantitative estimate of drug-likeness (QED) is 0.710. The topological polar surface area (TPSA) is 56.4 Å². The van der Waals surface area contributed by atoms with Gasteiger partial charge in [-0.05, 0) is 35.4 Å². The Morgan fingerprint density at radius 3 is 1.73 bits per heavy atom. The highest BCUT2D eigenvalue weighted by Crippen LogP contribution is 2.23. The number of benzene rings is 2. The van der Waals surface area contributed by atoms with E-state index in [1.54, 1.807) is 24.3 Å². The summed E-state index contributed by atoms with van der Waals surface area (Å²) in [5.74, 6) is 0.261. The Morgan fingerprint density at radius 1 is 0.800 bits per heavy atom. The fourth-order valence-corrected chi connectivity index (χ4v) is 1.38. The maximum Gasteiger partial charge on any atom is 0.115 e. The molecule has 0 radical (unpaired) electrons. The Labute approximate surface area is 87.5 Å². The van der Waals surface area contributed by atoms with Crippen LogP contribution in [0.4, 0.5) is 5.69 Å². The molecular weight excluding hydrogens is 188 g/mol. The van der Waals surface area contributed by atoms with Crippen molar-refractivity contribution >= 4 is 5.69 Å². The first-order valence-electron chi connectivity index (χ1n) is 4.56. The van der Waals surface area contributed by atoms with Crippen molar-refractivity contribution in [2.45, 2.75) is 0 Å². The summed E-state index contributed by atoms with van der Waals surface area (Å²) in [6, 6.07) is 14.4.